The van der Waals surface area contributed by atoms with Crippen molar-refractivity contribution >= 4 is 23.2 Å². The molecule has 204 valence electrons. The monoisotopic (exact) mass is 531 g/mol. The van der Waals surface area contributed by atoms with Crippen LogP contribution in [0, 0.1) is 5.92 Å². The Hall–Kier alpha value is -4.38. The normalized spacial score (nSPS) is 14.5. The van der Waals surface area contributed by atoms with Gasteiger partial charge in [-0.05, 0) is 79.6 Å². The first-order chi connectivity index (χ1) is 19.5. The summed E-state index contributed by atoms with van der Waals surface area (Å²) in [5.41, 5.74) is 5.56. The molecular formula is C35H37N3O2. The summed E-state index contributed by atoms with van der Waals surface area (Å²) in [7, 11) is 0. The Bertz CT molecular complexity index is 1410. The highest BCUT2D eigenvalue weighted by Gasteiger charge is 2.33. The predicted molar refractivity (Wildman–Crippen MR) is 164 cm³/mol. The lowest BCUT2D eigenvalue weighted by Gasteiger charge is -2.37. The van der Waals surface area contributed by atoms with E-state index in [-0.39, 0.29) is 23.8 Å². The Kier molecular flexibility index (Phi) is 8.60. The van der Waals surface area contributed by atoms with Crippen LogP contribution >= 0.6 is 0 Å². The van der Waals surface area contributed by atoms with Gasteiger partial charge in [0, 0.05) is 36.1 Å². The molecule has 1 saturated heterocycles. The fourth-order valence-corrected chi connectivity index (χ4v) is 5.67. The van der Waals surface area contributed by atoms with Gasteiger partial charge < -0.3 is 15.5 Å². The number of hydrogen-bond donors (Lipinski definition) is 2. The average Bonchev–Trinajstić information content (AvgIpc) is 2.99. The predicted octanol–water partition coefficient (Wildman–Crippen LogP) is 7.13. The molecule has 1 aliphatic heterocycles. The van der Waals surface area contributed by atoms with Gasteiger partial charge in [0.25, 0.3) is 5.91 Å². The third-order valence-electron chi connectivity index (χ3n) is 7.63. The fraction of sp³-hybridized carbons (Fsp3) is 0.257. The van der Waals surface area contributed by atoms with Crippen molar-refractivity contribution in [2.75, 3.05) is 23.3 Å². The van der Waals surface area contributed by atoms with Crippen molar-refractivity contribution in [3.63, 3.8) is 0 Å². The van der Waals surface area contributed by atoms with E-state index in [1.807, 2.05) is 98.8 Å². The van der Waals surface area contributed by atoms with E-state index in [4.69, 9.17) is 0 Å². The largest absolute Gasteiger partial charge is 0.372 e. The fourth-order valence-electron chi connectivity index (χ4n) is 5.67. The van der Waals surface area contributed by atoms with Crippen molar-refractivity contribution < 1.29 is 9.59 Å². The van der Waals surface area contributed by atoms with E-state index in [2.05, 4.69) is 39.8 Å². The van der Waals surface area contributed by atoms with Crippen molar-refractivity contribution in [3.8, 4) is 11.1 Å². The molecule has 0 radical (unpaired) electrons. The number of carbonyl (C=O) groups excluding carboxylic acids is 2. The molecule has 0 saturated carbocycles. The van der Waals surface area contributed by atoms with Gasteiger partial charge in [0.1, 0.15) is 0 Å². The second kappa shape index (κ2) is 12.6. The summed E-state index contributed by atoms with van der Waals surface area (Å²) in [5.74, 6) is 0.149. The SMILES string of the molecule is CC(C)NC(=O)C(c1ccccc1)C1CCN(c2ccc(NC(=O)c3ccccc3-c3ccccc3)cc2)CC1. The minimum atomic E-state index is -0.137. The van der Waals surface area contributed by atoms with Crippen LogP contribution in [0.5, 0.6) is 0 Å². The number of anilines is 2. The molecule has 40 heavy (non-hydrogen) atoms. The summed E-state index contributed by atoms with van der Waals surface area (Å²) in [5, 5.41) is 6.21. The molecule has 1 atom stereocenters. The number of nitrogens with zero attached hydrogens (tertiary/aromatic N) is 1. The molecule has 1 aliphatic rings. The van der Waals surface area contributed by atoms with E-state index in [0.29, 0.717) is 11.5 Å². The van der Waals surface area contributed by atoms with Crippen LogP contribution < -0.4 is 15.5 Å². The third-order valence-corrected chi connectivity index (χ3v) is 7.63. The zero-order valence-corrected chi connectivity index (χ0v) is 23.2. The van der Waals surface area contributed by atoms with Crippen LogP contribution in [0.1, 0.15) is 48.5 Å². The standard InChI is InChI=1S/C35H37N3O2/c1-25(2)36-35(40)33(27-13-7-4-8-14-27)28-21-23-38(24-22-28)30-19-17-29(18-20-30)37-34(39)32-16-10-9-15-31(32)26-11-5-3-6-12-26/h3-20,25,28,33H,21-24H2,1-2H3,(H,36,40)(H,37,39). The van der Waals surface area contributed by atoms with Crippen LogP contribution in [0.4, 0.5) is 11.4 Å². The highest BCUT2D eigenvalue weighted by atomic mass is 16.2. The summed E-state index contributed by atoms with van der Waals surface area (Å²) in [6.07, 6.45) is 1.89. The van der Waals surface area contributed by atoms with E-state index in [9.17, 15) is 9.59 Å². The van der Waals surface area contributed by atoms with Gasteiger partial charge in [-0.15, -0.1) is 0 Å². The number of piperidine rings is 1. The number of hydrogen-bond acceptors (Lipinski definition) is 3. The van der Waals surface area contributed by atoms with Gasteiger partial charge >= 0.3 is 0 Å². The molecule has 5 nitrogen and oxygen atoms in total. The maximum absolute atomic E-state index is 13.2. The molecule has 4 aromatic carbocycles. The lowest BCUT2D eigenvalue weighted by Crippen LogP contribution is -2.42. The summed E-state index contributed by atoms with van der Waals surface area (Å²) in [4.78, 5) is 28.7. The van der Waals surface area contributed by atoms with Gasteiger partial charge in [0.05, 0.1) is 5.92 Å². The molecule has 1 unspecified atom stereocenters. The van der Waals surface area contributed by atoms with Crippen molar-refractivity contribution in [1.29, 1.82) is 0 Å². The van der Waals surface area contributed by atoms with E-state index >= 15 is 0 Å². The highest BCUT2D eigenvalue weighted by Crippen LogP contribution is 2.35. The third kappa shape index (κ3) is 6.42. The second-order valence-electron chi connectivity index (χ2n) is 10.8. The average molecular weight is 532 g/mol. The highest BCUT2D eigenvalue weighted by molar-refractivity contribution is 6.08. The lowest BCUT2D eigenvalue weighted by molar-refractivity contribution is -0.124. The van der Waals surface area contributed by atoms with Crippen LogP contribution in [0.2, 0.25) is 0 Å². The van der Waals surface area contributed by atoms with E-state index in [1.165, 1.54) is 0 Å². The topological polar surface area (TPSA) is 61.4 Å². The first-order valence-electron chi connectivity index (χ1n) is 14.2. The van der Waals surface area contributed by atoms with E-state index in [1.54, 1.807) is 0 Å². The Morgan fingerprint density at radius 1 is 0.750 bits per heavy atom. The van der Waals surface area contributed by atoms with Gasteiger partial charge in [-0.3, -0.25) is 9.59 Å². The van der Waals surface area contributed by atoms with Crippen LogP contribution in [0.25, 0.3) is 11.1 Å². The van der Waals surface area contributed by atoms with Crippen LogP contribution in [-0.4, -0.2) is 30.9 Å². The molecule has 1 heterocycles. The zero-order chi connectivity index (χ0) is 27.9. The van der Waals surface area contributed by atoms with Crippen molar-refractivity contribution in [2.45, 2.75) is 38.6 Å². The minimum Gasteiger partial charge on any atom is -0.372 e. The van der Waals surface area contributed by atoms with Gasteiger partial charge in [0.15, 0.2) is 0 Å². The molecule has 0 aliphatic carbocycles. The summed E-state index contributed by atoms with van der Waals surface area (Å²) in [6, 6.07) is 36.0. The number of nitrogens with one attached hydrogen (secondary N) is 2. The minimum absolute atomic E-state index is 0.115. The zero-order valence-electron chi connectivity index (χ0n) is 23.2. The van der Waals surface area contributed by atoms with Crippen molar-refractivity contribution in [1.82, 2.24) is 5.32 Å². The van der Waals surface area contributed by atoms with Crippen LogP contribution in [0.3, 0.4) is 0 Å². The molecular weight excluding hydrogens is 494 g/mol. The molecule has 5 heteroatoms. The van der Waals surface area contributed by atoms with Gasteiger partial charge in [0.2, 0.25) is 5.91 Å². The first-order valence-corrected chi connectivity index (χ1v) is 14.2. The Morgan fingerprint density at radius 3 is 2.00 bits per heavy atom. The molecule has 4 aromatic rings. The lowest BCUT2D eigenvalue weighted by atomic mass is 9.79. The summed E-state index contributed by atoms with van der Waals surface area (Å²) >= 11 is 0. The Balaban J connectivity index is 1.23. The molecule has 0 spiro atoms. The summed E-state index contributed by atoms with van der Waals surface area (Å²) < 4.78 is 0. The maximum atomic E-state index is 13.2. The van der Waals surface area contributed by atoms with E-state index < -0.39 is 0 Å². The second-order valence-corrected chi connectivity index (χ2v) is 10.8. The van der Waals surface area contributed by atoms with Gasteiger partial charge in [-0.25, -0.2) is 0 Å². The maximum Gasteiger partial charge on any atom is 0.256 e. The number of amides is 2. The molecule has 2 amide bonds. The van der Waals surface area contributed by atoms with Crippen molar-refractivity contribution in [3.05, 3.63) is 120 Å². The quantitative estimate of drug-likeness (QED) is 0.254. The van der Waals surface area contributed by atoms with Crippen LogP contribution in [0.15, 0.2) is 109 Å². The molecule has 1 fully saturated rings. The van der Waals surface area contributed by atoms with Gasteiger partial charge in [-0.1, -0.05) is 78.9 Å². The van der Waals surface area contributed by atoms with Crippen LogP contribution in [-0.2, 0) is 4.79 Å². The first kappa shape index (κ1) is 27.2. The Labute approximate surface area is 237 Å². The molecule has 0 aromatic heterocycles. The molecule has 2 N–H and O–H groups in total. The molecule has 0 bridgehead atoms. The van der Waals surface area contributed by atoms with E-state index in [0.717, 1.165) is 54.0 Å². The van der Waals surface area contributed by atoms with Gasteiger partial charge in [-0.2, -0.15) is 0 Å². The summed E-state index contributed by atoms with van der Waals surface area (Å²) in [6.45, 7) is 5.80. The number of carbonyl (C=O) groups is 2. The van der Waals surface area contributed by atoms with Crippen molar-refractivity contribution in [2.24, 2.45) is 5.92 Å². The number of benzene rings is 4. The Morgan fingerprint density at radius 2 is 1.35 bits per heavy atom. The number of rotatable bonds is 8. The smallest absolute Gasteiger partial charge is 0.256 e. The molecule has 5 rings (SSSR count).